The van der Waals surface area contributed by atoms with Gasteiger partial charge in [0, 0.05) is 30.1 Å². The van der Waals surface area contributed by atoms with Crippen molar-refractivity contribution in [1.29, 1.82) is 0 Å². The molecule has 0 amide bonds. The SMILES string of the molecule is Cc1cccc2c(=O)[nH]c(CCN3CCCC3CO)cc12.O.O=S(=O)(O)O. The van der Waals surface area contributed by atoms with Gasteiger partial charge in [0.1, 0.15) is 0 Å². The Labute approximate surface area is 157 Å². The summed E-state index contributed by atoms with van der Waals surface area (Å²) in [6.45, 7) is 4.20. The average molecular weight is 402 g/mol. The molecule has 1 aliphatic heterocycles. The lowest BCUT2D eigenvalue weighted by atomic mass is 10.1. The number of nitrogens with zero attached hydrogens (tertiary/aromatic N) is 1. The molecule has 0 saturated carbocycles. The van der Waals surface area contributed by atoms with Crippen LogP contribution in [0.4, 0.5) is 0 Å². The molecule has 1 unspecified atom stereocenters. The first kappa shape index (κ1) is 23.2. The molecule has 27 heavy (non-hydrogen) atoms. The van der Waals surface area contributed by atoms with Crippen LogP contribution >= 0.6 is 0 Å². The zero-order chi connectivity index (χ0) is 19.3. The first-order chi connectivity index (χ1) is 12.2. The number of benzene rings is 1. The number of aryl methyl sites for hydroxylation is 1. The zero-order valence-corrected chi connectivity index (χ0v) is 15.9. The van der Waals surface area contributed by atoms with Crippen LogP contribution in [0.15, 0.2) is 29.1 Å². The predicted octanol–water partition coefficient (Wildman–Crippen LogP) is 0.358. The van der Waals surface area contributed by atoms with E-state index in [2.05, 4.69) is 16.0 Å². The number of rotatable bonds is 4. The summed E-state index contributed by atoms with van der Waals surface area (Å²) in [5.74, 6) is 0. The molecule has 9 nitrogen and oxygen atoms in total. The number of likely N-dealkylation sites (tertiary alicyclic amines) is 1. The molecule has 1 aliphatic rings. The predicted molar refractivity (Wildman–Crippen MR) is 102 cm³/mol. The van der Waals surface area contributed by atoms with Crippen LogP contribution in [0, 0.1) is 6.92 Å². The Bertz CT molecular complexity index is 903. The highest BCUT2D eigenvalue weighted by atomic mass is 32.3. The quantitative estimate of drug-likeness (QED) is 0.536. The fourth-order valence-electron chi connectivity index (χ4n) is 3.29. The Morgan fingerprint density at radius 2 is 1.93 bits per heavy atom. The van der Waals surface area contributed by atoms with Crippen molar-refractivity contribution in [2.45, 2.75) is 32.2 Å². The summed E-state index contributed by atoms with van der Waals surface area (Å²) >= 11 is 0. The van der Waals surface area contributed by atoms with Gasteiger partial charge in [0.15, 0.2) is 0 Å². The molecular weight excluding hydrogens is 376 g/mol. The molecule has 0 bridgehead atoms. The van der Waals surface area contributed by atoms with E-state index in [-0.39, 0.29) is 17.6 Å². The molecule has 1 fully saturated rings. The topological polar surface area (TPSA) is 162 Å². The van der Waals surface area contributed by atoms with Crippen LogP contribution in [0.25, 0.3) is 10.8 Å². The van der Waals surface area contributed by atoms with Gasteiger partial charge in [-0.2, -0.15) is 8.42 Å². The smallest absolute Gasteiger partial charge is 0.394 e. The van der Waals surface area contributed by atoms with Gasteiger partial charge in [0.2, 0.25) is 0 Å². The minimum atomic E-state index is -4.67. The van der Waals surface area contributed by atoms with E-state index in [9.17, 15) is 9.90 Å². The second-order valence-electron chi connectivity index (χ2n) is 6.37. The standard InChI is InChI=1S/C17H22N2O2.H2O4S.H2O/c1-12-4-2-6-15-16(12)10-13(18-17(15)21)7-9-19-8-3-5-14(19)11-20;1-5(2,3)4;/h2,4,6,10,14,20H,3,5,7-9,11H2,1H3,(H,18,21);(H2,1,2,3,4);1H2. The molecule has 0 aliphatic carbocycles. The summed E-state index contributed by atoms with van der Waals surface area (Å²) in [5, 5.41) is 11.2. The molecule has 1 aromatic heterocycles. The highest BCUT2D eigenvalue weighted by Gasteiger charge is 2.23. The molecule has 0 radical (unpaired) electrons. The molecule has 1 aromatic carbocycles. The first-order valence-corrected chi connectivity index (χ1v) is 9.75. The molecule has 1 atom stereocenters. The van der Waals surface area contributed by atoms with E-state index in [1.54, 1.807) is 0 Å². The van der Waals surface area contributed by atoms with Crippen LogP contribution < -0.4 is 5.56 Å². The van der Waals surface area contributed by atoms with Crippen molar-refractivity contribution >= 4 is 21.2 Å². The van der Waals surface area contributed by atoms with Gasteiger partial charge in [-0.25, -0.2) is 0 Å². The van der Waals surface area contributed by atoms with Crippen LogP contribution in [0.3, 0.4) is 0 Å². The number of aromatic amines is 1. The van der Waals surface area contributed by atoms with Crippen molar-refractivity contribution in [3.63, 3.8) is 0 Å². The summed E-state index contributed by atoms with van der Waals surface area (Å²) in [4.78, 5) is 17.5. The van der Waals surface area contributed by atoms with Gasteiger partial charge in [-0.3, -0.25) is 18.8 Å². The number of hydrogen-bond acceptors (Lipinski definition) is 5. The van der Waals surface area contributed by atoms with Crippen LogP contribution in [0.1, 0.15) is 24.1 Å². The fourth-order valence-corrected chi connectivity index (χ4v) is 3.29. The van der Waals surface area contributed by atoms with Crippen LogP contribution in [0.5, 0.6) is 0 Å². The minimum absolute atomic E-state index is 0. The lowest BCUT2D eigenvalue weighted by Crippen LogP contribution is -2.34. The Balaban J connectivity index is 0.000000542. The third kappa shape index (κ3) is 7.01. The van der Waals surface area contributed by atoms with E-state index in [0.717, 1.165) is 54.4 Å². The van der Waals surface area contributed by atoms with Crippen molar-refractivity contribution in [1.82, 2.24) is 9.88 Å². The van der Waals surface area contributed by atoms with E-state index >= 15 is 0 Å². The van der Waals surface area contributed by atoms with Crippen LogP contribution in [-0.2, 0) is 16.8 Å². The molecule has 2 heterocycles. The van der Waals surface area contributed by atoms with Gasteiger partial charge in [-0.1, -0.05) is 12.1 Å². The summed E-state index contributed by atoms with van der Waals surface area (Å²) in [6.07, 6.45) is 3.04. The van der Waals surface area contributed by atoms with Crippen molar-refractivity contribution < 1.29 is 28.1 Å². The fraction of sp³-hybridized carbons (Fsp3) is 0.471. The zero-order valence-electron chi connectivity index (χ0n) is 15.1. The van der Waals surface area contributed by atoms with Crippen molar-refractivity contribution in [3.05, 3.63) is 45.9 Å². The third-order valence-corrected chi connectivity index (χ3v) is 4.54. The number of fused-ring (bicyclic) bond motifs is 1. The molecule has 10 heteroatoms. The third-order valence-electron chi connectivity index (χ3n) is 4.54. The monoisotopic (exact) mass is 402 g/mol. The van der Waals surface area contributed by atoms with Gasteiger partial charge in [0.05, 0.1) is 6.61 Å². The van der Waals surface area contributed by atoms with Crippen molar-refractivity contribution in [2.24, 2.45) is 0 Å². The number of H-pyrrole nitrogens is 1. The molecular formula is C17H26N2O7S. The second-order valence-corrected chi connectivity index (χ2v) is 7.27. The summed E-state index contributed by atoms with van der Waals surface area (Å²) in [6, 6.07) is 8.21. The Morgan fingerprint density at radius 1 is 1.26 bits per heavy atom. The van der Waals surface area contributed by atoms with Crippen molar-refractivity contribution in [3.8, 4) is 0 Å². The maximum Gasteiger partial charge on any atom is 0.394 e. The Kier molecular flexibility index (Phi) is 8.54. The maximum atomic E-state index is 12.2. The first-order valence-electron chi connectivity index (χ1n) is 8.35. The van der Waals surface area contributed by atoms with Crippen molar-refractivity contribution in [2.75, 3.05) is 19.7 Å². The average Bonchev–Trinajstić information content (AvgIpc) is 3.00. The summed E-state index contributed by atoms with van der Waals surface area (Å²) < 4.78 is 31.6. The van der Waals surface area contributed by atoms with E-state index < -0.39 is 10.4 Å². The molecule has 152 valence electrons. The second kappa shape index (κ2) is 9.93. The van der Waals surface area contributed by atoms with Gasteiger partial charge in [0.25, 0.3) is 5.56 Å². The summed E-state index contributed by atoms with van der Waals surface area (Å²) in [5.41, 5.74) is 2.10. The van der Waals surface area contributed by atoms with E-state index in [0.29, 0.717) is 6.04 Å². The van der Waals surface area contributed by atoms with Crippen LogP contribution in [0.2, 0.25) is 0 Å². The lowest BCUT2D eigenvalue weighted by molar-refractivity contribution is 0.160. The Hall–Kier alpha value is -1.82. The van der Waals surface area contributed by atoms with E-state index in [1.165, 1.54) is 0 Å². The van der Waals surface area contributed by atoms with Gasteiger partial charge < -0.3 is 15.6 Å². The Morgan fingerprint density at radius 3 is 2.56 bits per heavy atom. The minimum Gasteiger partial charge on any atom is -0.412 e. The van der Waals surface area contributed by atoms with Gasteiger partial charge in [-0.15, -0.1) is 0 Å². The van der Waals surface area contributed by atoms with Gasteiger partial charge in [-0.05, 0) is 49.4 Å². The number of aliphatic hydroxyl groups is 1. The number of aliphatic hydroxyl groups excluding tert-OH is 1. The number of nitrogens with one attached hydrogen (secondary N) is 1. The largest absolute Gasteiger partial charge is 0.412 e. The lowest BCUT2D eigenvalue weighted by Gasteiger charge is -2.22. The molecule has 0 spiro atoms. The normalized spacial score (nSPS) is 17.3. The van der Waals surface area contributed by atoms with Gasteiger partial charge >= 0.3 is 10.4 Å². The highest BCUT2D eigenvalue weighted by Crippen LogP contribution is 2.18. The van der Waals surface area contributed by atoms with E-state index in [1.807, 2.05) is 25.1 Å². The highest BCUT2D eigenvalue weighted by molar-refractivity contribution is 7.79. The molecule has 1 saturated heterocycles. The summed E-state index contributed by atoms with van der Waals surface area (Å²) in [7, 11) is -4.67. The molecule has 2 aromatic rings. The number of pyridine rings is 1. The molecule has 6 N–H and O–H groups in total. The van der Waals surface area contributed by atoms with Crippen LogP contribution in [-0.4, -0.2) is 63.7 Å². The van der Waals surface area contributed by atoms with E-state index in [4.69, 9.17) is 17.5 Å². The maximum absolute atomic E-state index is 12.2. The molecule has 3 rings (SSSR count). The number of hydrogen-bond donors (Lipinski definition) is 4. The number of aromatic nitrogens is 1.